The van der Waals surface area contributed by atoms with E-state index in [2.05, 4.69) is 43.5 Å². The molecule has 0 aliphatic heterocycles. The number of allylic oxidation sites excluding steroid dienone is 5. The Morgan fingerprint density at radius 3 is 1.09 bits per heavy atom. The fourth-order valence-corrected chi connectivity index (χ4v) is 10.5. The van der Waals surface area contributed by atoms with Gasteiger partial charge in [0.25, 0.3) is 7.82 Å². The Morgan fingerprint density at radius 1 is 0.459 bits per heavy atom. The molecule has 74 heavy (non-hydrogen) atoms. The molecule has 0 bridgehead atoms. The Morgan fingerprint density at radius 2 is 0.757 bits per heavy atom. The maximum atomic E-state index is 13.0. The molecule has 0 aliphatic rings. The van der Waals surface area contributed by atoms with Crippen LogP contribution in [-0.2, 0) is 18.4 Å². The minimum absolute atomic E-state index is 0.00517. The third kappa shape index (κ3) is 58.4. The number of unbranched alkanes of at least 4 members (excludes halogenated alkanes) is 43. The van der Waals surface area contributed by atoms with Crippen LogP contribution in [0.5, 0.6) is 0 Å². The highest BCUT2D eigenvalue weighted by Crippen LogP contribution is 2.38. The maximum Gasteiger partial charge on any atom is 0.268 e. The Kier molecular flexibility index (Phi) is 55.5. The molecular formula is C65H127N2O6P. The van der Waals surface area contributed by atoms with Gasteiger partial charge in [0.2, 0.25) is 5.91 Å². The molecule has 0 heterocycles. The standard InChI is InChI=1S/C65H127N2O6P/c1-6-8-10-12-14-16-18-20-21-22-23-24-25-26-27-28-29-30-31-32-33-34-35-36-37-38-39-40-41-42-43-44-45-47-49-51-53-55-57-59-65(69)66-63(62-73-74(70,71)72-61-60-67(3,4)5)64(68)58-56-54-52-50-48-46-19-17-15-13-11-9-7-2/h32-33,48,50,56,58,63-64,68H,6-31,34-47,49,51-55,57,59-62H2,1-5H3,(H-,66,69,70,71)/b33-32-,50-48+,58-56+. The van der Waals surface area contributed by atoms with Gasteiger partial charge in [-0.1, -0.05) is 294 Å². The number of quaternary nitrogens is 1. The topological polar surface area (TPSA) is 108 Å². The van der Waals surface area contributed by atoms with E-state index in [1.165, 1.54) is 263 Å². The van der Waals surface area contributed by atoms with E-state index in [0.717, 1.165) is 38.5 Å². The number of aliphatic hydroxyl groups is 1. The number of phosphoric acid groups is 1. The molecule has 3 atom stereocenters. The number of likely N-dealkylation sites (N-methyl/N-ethyl adjacent to an activating group) is 1. The normalized spacial score (nSPS) is 14.0. The first-order valence-corrected chi connectivity index (χ1v) is 33.8. The fraction of sp³-hybridized carbons (Fsp3) is 0.892. The Bertz CT molecular complexity index is 1300. The number of nitrogens with zero attached hydrogens (tertiary/aromatic N) is 1. The van der Waals surface area contributed by atoms with Crippen LogP contribution in [0.2, 0.25) is 0 Å². The lowest BCUT2D eigenvalue weighted by molar-refractivity contribution is -0.870. The van der Waals surface area contributed by atoms with Crippen molar-refractivity contribution >= 4 is 13.7 Å². The van der Waals surface area contributed by atoms with Gasteiger partial charge in [-0.25, -0.2) is 0 Å². The van der Waals surface area contributed by atoms with Crippen molar-refractivity contribution in [3.63, 3.8) is 0 Å². The van der Waals surface area contributed by atoms with E-state index in [1.54, 1.807) is 6.08 Å². The summed E-state index contributed by atoms with van der Waals surface area (Å²) in [5, 5.41) is 13.8. The number of hydrogen-bond donors (Lipinski definition) is 2. The van der Waals surface area contributed by atoms with E-state index >= 15 is 0 Å². The van der Waals surface area contributed by atoms with Crippen molar-refractivity contribution in [1.82, 2.24) is 5.32 Å². The number of amides is 1. The molecule has 9 heteroatoms. The zero-order valence-corrected chi connectivity index (χ0v) is 51.0. The summed E-state index contributed by atoms with van der Waals surface area (Å²) in [5.74, 6) is -0.203. The minimum Gasteiger partial charge on any atom is -0.756 e. The minimum atomic E-state index is -4.60. The molecule has 0 aliphatic carbocycles. The average Bonchev–Trinajstić information content (AvgIpc) is 3.36. The van der Waals surface area contributed by atoms with Gasteiger partial charge in [0.1, 0.15) is 13.2 Å². The zero-order valence-electron chi connectivity index (χ0n) is 50.1. The Hall–Kier alpha value is -1.28. The average molecular weight is 1060 g/mol. The van der Waals surface area contributed by atoms with E-state index in [0.29, 0.717) is 17.4 Å². The summed E-state index contributed by atoms with van der Waals surface area (Å²) in [5.41, 5.74) is 0. The number of carbonyl (C=O) groups is 1. The number of nitrogens with one attached hydrogen (secondary N) is 1. The van der Waals surface area contributed by atoms with E-state index < -0.39 is 26.6 Å². The van der Waals surface area contributed by atoms with Crippen molar-refractivity contribution in [2.45, 2.75) is 334 Å². The molecule has 0 saturated heterocycles. The first-order valence-electron chi connectivity index (χ1n) is 32.4. The van der Waals surface area contributed by atoms with E-state index in [-0.39, 0.29) is 12.5 Å². The zero-order chi connectivity index (χ0) is 54.2. The van der Waals surface area contributed by atoms with Crippen molar-refractivity contribution in [2.75, 3.05) is 40.9 Å². The molecule has 0 aromatic heterocycles. The van der Waals surface area contributed by atoms with Gasteiger partial charge in [-0.15, -0.1) is 0 Å². The number of rotatable bonds is 60. The highest BCUT2D eigenvalue weighted by molar-refractivity contribution is 7.45. The summed E-state index contributed by atoms with van der Waals surface area (Å²) < 4.78 is 23.3. The predicted molar refractivity (Wildman–Crippen MR) is 321 cm³/mol. The van der Waals surface area contributed by atoms with Crippen molar-refractivity contribution in [2.24, 2.45) is 0 Å². The van der Waals surface area contributed by atoms with E-state index in [9.17, 15) is 19.4 Å². The second-order valence-corrected chi connectivity index (χ2v) is 24.9. The van der Waals surface area contributed by atoms with Gasteiger partial charge in [-0.2, -0.15) is 0 Å². The Labute approximate surface area is 461 Å². The van der Waals surface area contributed by atoms with Crippen LogP contribution < -0.4 is 10.2 Å². The molecule has 0 aromatic carbocycles. The SMILES string of the molecule is CCCCCCCCC/C=C/CC/C=C/C(O)C(COP(=O)([O-])OCC[N+](C)(C)C)NC(=O)CCCCCCCCCCCCCCCCCCC/C=C\CCCCCCCCCCCCCCCCCCCC. The molecule has 2 N–H and O–H groups in total. The fourth-order valence-electron chi connectivity index (χ4n) is 9.76. The smallest absolute Gasteiger partial charge is 0.268 e. The molecule has 438 valence electrons. The highest BCUT2D eigenvalue weighted by atomic mass is 31.2. The summed E-state index contributed by atoms with van der Waals surface area (Å²) in [6, 6.07) is -0.901. The van der Waals surface area contributed by atoms with Crippen LogP contribution in [0.1, 0.15) is 322 Å². The van der Waals surface area contributed by atoms with E-state index in [1.807, 2.05) is 27.2 Å². The van der Waals surface area contributed by atoms with Crippen LogP contribution in [0.4, 0.5) is 0 Å². The third-order valence-electron chi connectivity index (χ3n) is 14.8. The molecule has 8 nitrogen and oxygen atoms in total. The molecule has 0 radical (unpaired) electrons. The van der Waals surface area contributed by atoms with Gasteiger partial charge in [-0.3, -0.25) is 9.36 Å². The molecule has 3 unspecified atom stereocenters. The number of aliphatic hydroxyl groups excluding tert-OH is 1. The maximum absolute atomic E-state index is 13.0. The monoisotopic (exact) mass is 1060 g/mol. The van der Waals surface area contributed by atoms with Crippen molar-refractivity contribution in [3.05, 3.63) is 36.5 Å². The second kappa shape index (κ2) is 56.4. The highest BCUT2D eigenvalue weighted by Gasteiger charge is 2.23. The van der Waals surface area contributed by atoms with Crippen LogP contribution in [-0.4, -0.2) is 68.5 Å². The molecule has 0 spiro atoms. The quantitative estimate of drug-likeness (QED) is 0.0272. The second-order valence-electron chi connectivity index (χ2n) is 23.5. The van der Waals surface area contributed by atoms with Gasteiger partial charge in [0.15, 0.2) is 0 Å². The molecule has 0 aromatic rings. The summed E-state index contributed by atoms with van der Waals surface area (Å²) >= 11 is 0. The summed E-state index contributed by atoms with van der Waals surface area (Å²) in [6.07, 6.45) is 74.2. The van der Waals surface area contributed by atoms with Crippen LogP contribution in [0.25, 0.3) is 0 Å². The van der Waals surface area contributed by atoms with Gasteiger partial charge >= 0.3 is 0 Å². The third-order valence-corrected chi connectivity index (χ3v) is 15.8. The molecular weight excluding hydrogens is 936 g/mol. The lowest BCUT2D eigenvalue weighted by atomic mass is 10.0. The van der Waals surface area contributed by atoms with E-state index in [4.69, 9.17) is 9.05 Å². The van der Waals surface area contributed by atoms with Gasteiger partial charge < -0.3 is 28.8 Å². The summed E-state index contributed by atoms with van der Waals surface area (Å²) in [7, 11) is 1.25. The molecule has 0 saturated carbocycles. The lowest BCUT2D eigenvalue weighted by Gasteiger charge is -2.29. The van der Waals surface area contributed by atoms with Crippen molar-refractivity contribution in [3.8, 4) is 0 Å². The molecule has 0 rings (SSSR count). The van der Waals surface area contributed by atoms with Crippen molar-refractivity contribution in [1.29, 1.82) is 0 Å². The van der Waals surface area contributed by atoms with Gasteiger partial charge in [0.05, 0.1) is 39.9 Å². The predicted octanol–water partition coefficient (Wildman–Crippen LogP) is 19.5. The molecule has 0 fully saturated rings. The summed E-state index contributed by atoms with van der Waals surface area (Å²) in [4.78, 5) is 25.5. The first-order chi connectivity index (χ1) is 36.0. The van der Waals surface area contributed by atoms with Crippen LogP contribution in [0.15, 0.2) is 36.5 Å². The van der Waals surface area contributed by atoms with Crippen molar-refractivity contribution < 1.29 is 32.9 Å². The first kappa shape index (κ1) is 72.7. The number of carbonyl (C=O) groups excluding carboxylic acids is 1. The largest absolute Gasteiger partial charge is 0.756 e. The number of hydrogen-bond acceptors (Lipinski definition) is 6. The summed E-state index contributed by atoms with van der Waals surface area (Å²) in [6.45, 7) is 4.65. The van der Waals surface area contributed by atoms with Crippen LogP contribution >= 0.6 is 7.82 Å². The van der Waals surface area contributed by atoms with Crippen LogP contribution in [0, 0.1) is 0 Å². The Balaban J connectivity index is 3.88. The lowest BCUT2D eigenvalue weighted by Crippen LogP contribution is -2.45. The molecule has 1 amide bonds. The number of phosphoric ester groups is 1. The van der Waals surface area contributed by atoms with Gasteiger partial charge in [-0.05, 0) is 57.8 Å². The van der Waals surface area contributed by atoms with Gasteiger partial charge in [0, 0.05) is 6.42 Å². The van der Waals surface area contributed by atoms with Crippen LogP contribution in [0.3, 0.4) is 0 Å².